The lowest BCUT2D eigenvalue weighted by molar-refractivity contribution is -0.157. The standard InChI is InChI=1S/C89H122FN9O18/c1-20-58-49-64(109-17)42-44-66(58)59-34-30-57(31-35-59)48-70(95-80(104)71(51-75(101)116-87(9,10)11)96-81(105)72(53-114-85(3,4)5)97-82(106)76(55(2)115-86(6,7)8)99-83(107)89(15,91)52-61-27-21-22-28-68(61)90)79(103)94-69(29-25-26-56-32-38-62(39-33-56)112-47-24-23-46-93-84(108)117-88(12,13)14)78(102)98-77(67-45-43-65(110-18)50-73(67)111-19)60-36-40-63(41-37-60)113-54-74(100)92-16/h21-22,27-28,30-45,49-50,55,69-72,76-77H,20,23-26,29,46-48,51-54,91H2,1-19H3,(H,92,100)(H,93,108)(H,94,103)(H,95,104)(H,96,105)(H,97,106)(H,98,102)(H,99,107)/t55-,69+,70+,71?,72?,76+,77?,89+/m1/s1. The first-order valence-corrected chi connectivity index (χ1v) is 39.5. The lowest BCUT2D eigenvalue weighted by atomic mass is 9.92. The fraction of sp³-hybridized carbons (Fsp3) is 0.494. The minimum atomic E-state index is -1.86. The van der Waals surface area contributed by atoms with E-state index in [4.69, 9.17) is 48.4 Å². The topological polar surface area (TPSA) is 359 Å². The Morgan fingerprint density at radius 2 is 1.09 bits per heavy atom. The molecular weight excluding hydrogens is 1500 g/mol. The van der Waals surface area contributed by atoms with E-state index in [-0.39, 0.29) is 37.3 Å². The van der Waals surface area contributed by atoms with Crippen LogP contribution in [-0.4, -0.2) is 172 Å². The summed E-state index contributed by atoms with van der Waals surface area (Å²) in [5, 5.41) is 22.3. The van der Waals surface area contributed by atoms with Crippen molar-refractivity contribution in [1.82, 2.24) is 42.5 Å². The first kappa shape index (κ1) is 95.0. The fourth-order valence-electron chi connectivity index (χ4n) is 12.4. The summed E-state index contributed by atoms with van der Waals surface area (Å²) in [5.41, 5.74) is 6.55. The number of nitrogens with two attached hydrogens (primary N) is 1. The van der Waals surface area contributed by atoms with Crippen molar-refractivity contribution < 1.29 is 90.2 Å². The molecule has 117 heavy (non-hydrogen) atoms. The molecule has 8 atom stereocenters. The van der Waals surface area contributed by atoms with E-state index in [2.05, 4.69) is 42.5 Å². The Bertz CT molecular complexity index is 4280. The zero-order valence-corrected chi connectivity index (χ0v) is 71.2. The Labute approximate surface area is 687 Å². The van der Waals surface area contributed by atoms with Gasteiger partial charge in [0.15, 0.2) is 6.61 Å². The predicted molar refractivity (Wildman–Crippen MR) is 444 cm³/mol. The number of ether oxygens (including phenoxy) is 9. The molecule has 3 unspecified atom stereocenters. The van der Waals surface area contributed by atoms with Gasteiger partial charge in [0, 0.05) is 38.1 Å². The van der Waals surface area contributed by atoms with Gasteiger partial charge in [-0.2, -0.15) is 0 Å². The van der Waals surface area contributed by atoms with Crippen molar-refractivity contribution in [2.24, 2.45) is 5.73 Å². The maximum Gasteiger partial charge on any atom is 0.407 e. The van der Waals surface area contributed by atoms with Crippen molar-refractivity contribution >= 4 is 53.4 Å². The molecule has 0 heterocycles. The van der Waals surface area contributed by atoms with Gasteiger partial charge in [-0.15, -0.1) is 0 Å². The smallest absolute Gasteiger partial charge is 0.407 e. The molecule has 0 aliphatic heterocycles. The number of carbonyl (C=O) groups excluding carboxylic acids is 9. The molecular formula is C89H122FN9O18. The van der Waals surface area contributed by atoms with Gasteiger partial charge in [0.1, 0.15) is 76.0 Å². The van der Waals surface area contributed by atoms with Crippen LogP contribution in [0.15, 0.2) is 133 Å². The van der Waals surface area contributed by atoms with Crippen molar-refractivity contribution in [1.29, 1.82) is 0 Å². The Balaban J connectivity index is 1.42. The number of benzene rings is 6. The van der Waals surface area contributed by atoms with Crippen LogP contribution in [0.5, 0.6) is 28.7 Å². The van der Waals surface area contributed by atoms with Crippen molar-refractivity contribution in [3.63, 3.8) is 0 Å². The monoisotopic (exact) mass is 1620 g/mol. The summed E-state index contributed by atoms with van der Waals surface area (Å²) in [5.74, 6) is -4.93. The minimum absolute atomic E-state index is 0.00874. The zero-order chi connectivity index (χ0) is 86.6. The van der Waals surface area contributed by atoms with Crippen molar-refractivity contribution in [2.45, 2.75) is 232 Å². The lowest BCUT2D eigenvalue weighted by Gasteiger charge is -2.34. The van der Waals surface area contributed by atoms with Crippen molar-refractivity contribution in [3.05, 3.63) is 173 Å². The van der Waals surface area contributed by atoms with E-state index in [0.717, 1.165) is 22.3 Å². The molecule has 6 rings (SSSR count). The normalized spacial score (nSPS) is 14.0. The Kier molecular flexibility index (Phi) is 35.7. The summed E-state index contributed by atoms with van der Waals surface area (Å²) in [6.45, 7) is 25.5. The van der Waals surface area contributed by atoms with Gasteiger partial charge < -0.3 is 90.9 Å². The molecule has 0 spiro atoms. The SMILES string of the molecule is CCc1cc(OC)ccc1-c1ccc(C[C@H](NC(=O)C(CC(=O)OC(C)(C)C)NC(=O)C(COC(C)(C)C)NC(=O)[C@@H](NC(=O)[C@@](C)(N)Cc2ccccc2F)[C@@H](C)OC(C)(C)C)C(=O)N[C@@H](CCCc2ccc(OCCCCNC(=O)OC(C)(C)C)cc2)C(=O)NC(c2ccc(OCC(=O)NC)cc2)c2ccc(OC)cc2OC)cc1. The van der Waals surface area contributed by atoms with Crippen LogP contribution in [0.3, 0.4) is 0 Å². The van der Waals surface area contributed by atoms with Crippen LogP contribution in [0.4, 0.5) is 9.18 Å². The second kappa shape index (κ2) is 43.9. The highest BCUT2D eigenvalue weighted by Crippen LogP contribution is 2.35. The number of aryl methyl sites for hydroxylation is 2. The van der Waals surface area contributed by atoms with Crippen LogP contribution in [0.25, 0.3) is 11.1 Å². The van der Waals surface area contributed by atoms with Gasteiger partial charge in [0.05, 0.1) is 69.9 Å². The van der Waals surface area contributed by atoms with E-state index in [1.807, 2.05) is 61.5 Å². The van der Waals surface area contributed by atoms with Gasteiger partial charge in [0.25, 0.3) is 5.91 Å². The summed E-state index contributed by atoms with van der Waals surface area (Å²) in [7, 11) is 6.05. The molecule has 0 aliphatic carbocycles. The largest absolute Gasteiger partial charge is 0.497 e. The van der Waals surface area contributed by atoms with Crippen molar-refractivity contribution in [2.75, 3.05) is 54.7 Å². The second-order valence-corrected chi connectivity index (χ2v) is 32.9. The van der Waals surface area contributed by atoms with E-state index in [1.54, 1.807) is 151 Å². The predicted octanol–water partition coefficient (Wildman–Crippen LogP) is 10.5. The maximum absolute atomic E-state index is 15.9. The fourth-order valence-corrected chi connectivity index (χ4v) is 12.4. The molecule has 0 fully saturated rings. The second-order valence-electron chi connectivity index (χ2n) is 32.9. The number of rotatable bonds is 42. The average Bonchev–Trinajstić information content (AvgIpc) is 0.791. The van der Waals surface area contributed by atoms with E-state index in [1.165, 1.54) is 53.3 Å². The molecule has 28 heteroatoms. The summed E-state index contributed by atoms with van der Waals surface area (Å²) < 4.78 is 67.3. The van der Waals surface area contributed by atoms with Gasteiger partial charge in [-0.05, 0) is 229 Å². The summed E-state index contributed by atoms with van der Waals surface area (Å²) in [6, 6.07) is 29.1. The number of likely N-dealkylation sites (N-methyl/N-ethyl adjacent to an activating group) is 1. The first-order chi connectivity index (χ1) is 55.0. The molecule has 6 aromatic carbocycles. The van der Waals surface area contributed by atoms with E-state index < -0.39 is 137 Å². The van der Waals surface area contributed by atoms with E-state index in [9.17, 15) is 24.0 Å². The van der Waals surface area contributed by atoms with Gasteiger partial charge in [0.2, 0.25) is 35.4 Å². The molecule has 638 valence electrons. The first-order valence-electron chi connectivity index (χ1n) is 39.5. The third kappa shape index (κ3) is 32.3. The third-order valence-electron chi connectivity index (χ3n) is 18.3. The van der Waals surface area contributed by atoms with Crippen LogP contribution in [-0.2, 0) is 83.0 Å². The third-order valence-corrected chi connectivity index (χ3v) is 18.3. The Morgan fingerprint density at radius 1 is 0.530 bits per heavy atom. The summed E-state index contributed by atoms with van der Waals surface area (Å²) in [6.07, 6.45) is -0.252. The van der Waals surface area contributed by atoms with Crippen molar-refractivity contribution in [3.8, 4) is 39.9 Å². The molecule has 0 radical (unpaired) electrons. The number of methoxy groups -OCH3 is 3. The van der Waals surface area contributed by atoms with Gasteiger partial charge in [-0.25, -0.2) is 9.18 Å². The Hall–Kier alpha value is -10.8. The van der Waals surface area contributed by atoms with Gasteiger partial charge >= 0.3 is 12.1 Å². The molecule has 0 aromatic heterocycles. The molecule has 6 aromatic rings. The van der Waals surface area contributed by atoms with Crippen LogP contribution in [0.2, 0.25) is 0 Å². The number of esters is 1. The van der Waals surface area contributed by atoms with Crippen LogP contribution >= 0.6 is 0 Å². The van der Waals surface area contributed by atoms with E-state index >= 15 is 23.6 Å². The van der Waals surface area contributed by atoms with Crippen LogP contribution in [0.1, 0.15) is 175 Å². The number of amides is 8. The van der Waals surface area contributed by atoms with Gasteiger partial charge in [-0.3, -0.25) is 38.4 Å². The molecule has 0 bridgehead atoms. The number of halogens is 1. The summed E-state index contributed by atoms with van der Waals surface area (Å²) >= 11 is 0. The zero-order valence-electron chi connectivity index (χ0n) is 71.2. The summed E-state index contributed by atoms with van der Waals surface area (Å²) in [4.78, 5) is 130. The molecule has 27 nitrogen and oxygen atoms in total. The maximum atomic E-state index is 15.9. The van der Waals surface area contributed by atoms with Crippen LogP contribution < -0.4 is 72.0 Å². The van der Waals surface area contributed by atoms with Gasteiger partial charge in [-0.1, -0.05) is 79.7 Å². The number of hydrogen-bond acceptors (Lipinski definition) is 19. The highest BCUT2D eigenvalue weighted by atomic mass is 19.1. The highest BCUT2D eigenvalue weighted by molar-refractivity contribution is 5.98. The average molecular weight is 1620 g/mol. The molecule has 8 amide bonds. The Morgan fingerprint density at radius 3 is 1.70 bits per heavy atom. The number of hydrogen-bond donors (Lipinski definition) is 9. The lowest BCUT2D eigenvalue weighted by Crippen LogP contribution is -2.64. The number of nitrogens with one attached hydrogen (secondary N) is 8. The number of carbonyl (C=O) groups is 9. The molecule has 10 N–H and O–H groups in total. The number of alkyl carbamates (subject to hydrolysis) is 1. The molecule has 0 saturated heterocycles. The van der Waals surface area contributed by atoms with Crippen LogP contribution in [0, 0.1) is 5.82 Å². The number of unbranched alkanes of at least 4 members (excludes halogenated alkanes) is 1. The minimum Gasteiger partial charge on any atom is -0.497 e. The highest BCUT2D eigenvalue weighted by Gasteiger charge is 2.41. The van der Waals surface area contributed by atoms with E-state index in [0.29, 0.717) is 90.7 Å². The molecule has 0 aliphatic rings. The quantitative estimate of drug-likeness (QED) is 0.0127. The molecule has 0 saturated carbocycles.